The second-order valence-electron chi connectivity index (χ2n) is 3.13. The number of aliphatic hydroxyl groups is 1. The third kappa shape index (κ3) is 1.43. The third-order valence-corrected chi connectivity index (χ3v) is 2.05. The molecule has 1 aromatic rings. The highest BCUT2D eigenvalue weighted by molar-refractivity contribution is 5.71. The van der Waals surface area contributed by atoms with Crippen LogP contribution < -0.4 is 5.48 Å². The normalized spacial score (nSPS) is 26.8. The van der Waals surface area contributed by atoms with Crippen LogP contribution in [0.3, 0.4) is 0 Å². The van der Waals surface area contributed by atoms with Crippen molar-refractivity contribution in [2.45, 2.75) is 12.7 Å². The third-order valence-electron chi connectivity index (χ3n) is 2.05. The second kappa shape index (κ2) is 2.87. The molecule has 0 radical (unpaired) electrons. The molecule has 0 aromatic heterocycles. The van der Waals surface area contributed by atoms with E-state index in [1.807, 2.05) is 30.3 Å². The van der Waals surface area contributed by atoms with E-state index in [4.69, 9.17) is 4.84 Å². The summed E-state index contributed by atoms with van der Waals surface area (Å²) in [6, 6.07) is 9.63. The quantitative estimate of drug-likeness (QED) is 0.678. The smallest absolute Gasteiger partial charge is 0.216 e. The lowest BCUT2D eigenvalue weighted by Crippen LogP contribution is -2.27. The SMILES string of the molecule is CC1(O)ONC=C1c1ccccc1. The van der Waals surface area contributed by atoms with E-state index in [1.165, 1.54) is 0 Å². The van der Waals surface area contributed by atoms with E-state index in [1.54, 1.807) is 13.1 Å². The Morgan fingerprint density at radius 1 is 1.31 bits per heavy atom. The summed E-state index contributed by atoms with van der Waals surface area (Å²) in [6.07, 6.45) is 1.66. The van der Waals surface area contributed by atoms with E-state index in [9.17, 15) is 5.11 Å². The number of benzene rings is 1. The first kappa shape index (κ1) is 8.29. The number of hydrogen-bond donors (Lipinski definition) is 2. The largest absolute Gasteiger partial charge is 0.360 e. The molecule has 3 heteroatoms. The first-order chi connectivity index (χ1) is 6.20. The summed E-state index contributed by atoms with van der Waals surface area (Å²) in [5, 5.41) is 9.75. The highest BCUT2D eigenvalue weighted by atomic mass is 16.7. The molecule has 1 heterocycles. The Labute approximate surface area is 76.6 Å². The minimum absolute atomic E-state index is 0.744. The van der Waals surface area contributed by atoms with Crippen LogP contribution in [0.5, 0.6) is 0 Å². The van der Waals surface area contributed by atoms with Gasteiger partial charge >= 0.3 is 0 Å². The fourth-order valence-corrected chi connectivity index (χ4v) is 1.36. The Kier molecular flexibility index (Phi) is 1.83. The monoisotopic (exact) mass is 177 g/mol. The van der Waals surface area contributed by atoms with Crippen LogP contribution in [0, 0.1) is 0 Å². The molecule has 0 fully saturated rings. The Balaban J connectivity index is 2.38. The summed E-state index contributed by atoms with van der Waals surface area (Å²) in [5.74, 6) is -1.23. The number of hydrogen-bond acceptors (Lipinski definition) is 3. The zero-order valence-electron chi connectivity index (χ0n) is 7.32. The molecule has 0 aliphatic carbocycles. The van der Waals surface area contributed by atoms with Crippen LogP contribution in [-0.2, 0) is 4.84 Å². The number of hydroxylamine groups is 1. The fraction of sp³-hybridized carbons (Fsp3) is 0.200. The molecule has 2 N–H and O–H groups in total. The van der Waals surface area contributed by atoms with Gasteiger partial charge in [-0.2, -0.15) is 0 Å². The van der Waals surface area contributed by atoms with Gasteiger partial charge in [0.1, 0.15) is 0 Å². The first-order valence-electron chi connectivity index (χ1n) is 4.12. The van der Waals surface area contributed by atoms with Gasteiger partial charge in [0.05, 0.1) is 0 Å². The van der Waals surface area contributed by atoms with Gasteiger partial charge in [0.15, 0.2) is 0 Å². The van der Waals surface area contributed by atoms with Crippen molar-refractivity contribution >= 4 is 5.57 Å². The van der Waals surface area contributed by atoms with Crippen LogP contribution in [0.15, 0.2) is 36.5 Å². The summed E-state index contributed by atoms with van der Waals surface area (Å²) in [7, 11) is 0. The fourth-order valence-electron chi connectivity index (χ4n) is 1.36. The molecule has 0 spiro atoms. The molecule has 0 bridgehead atoms. The molecule has 1 aliphatic heterocycles. The highest BCUT2D eigenvalue weighted by Gasteiger charge is 2.32. The number of rotatable bonds is 1. The van der Waals surface area contributed by atoms with Crippen molar-refractivity contribution in [3.63, 3.8) is 0 Å². The average molecular weight is 177 g/mol. The molecule has 1 aromatic carbocycles. The lowest BCUT2D eigenvalue weighted by molar-refractivity contribution is -0.161. The van der Waals surface area contributed by atoms with Crippen LogP contribution in [0.4, 0.5) is 0 Å². The van der Waals surface area contributed by atoms with Gasteiger partial charge in [-0.15, -0.1) is 0 Å². The van der Waals surface area contributed by atoms with E-state index in [-0.39, 0.29) is 0 Å². The van der Waals surface area contributed by atoms with E-state index >= 15 is 0 Å². The Bertz CT molecular complexity index is 330. The summed E-state index contributed by atoms with van der Waals surface area (Å²) in [5.41, 5.74) is 4.25. The minimum Gasteiger partial charge on any atom is -0.360 e. The number of nitrogens with one attached hydrogen (secondary N) is 1. The van der Waals surface area contributed by atoms with Crippen LogP contribution in [-0.4, -0.2) is 10.9 Å². The maximum absolute atomic E-state index is 9.75. The van der Waals surface area contributed by atoms with Crippen molar-refractivity contribution in [3.05, 3.63) is 42.1 Å². The summed E-state index contributed by atoms with van der Waals surface area (Å²) >= 11 is 0. The summed E-state index contributed by atoms with van der Waals surface area (Å²) < 4.78 is 0. The summed E-state index contributed by atoms with van der Waals surface area (Å²) in [6.45, 7) is 1.60. The Morgan fingerprint density at radius 2 is 2.00 bits per heavy atom. The van der Waals surface area contributed by atoms with E-state index < -0.39 is 5.79 Å². The lowest BCUT2D eigenvalue weighted by atomic mass is 10.0. The molecular formula is C10H11NO2. The van der Waals surface area contributed by atoms with Gasteiger partial charge in [0.25, 0.3) is 0 Å². The lowest BCUT2D eigenvalue weighted by Gasteiger charge is -2.18. The van der Waals surface area contributed by atoms with Crippen LogP contribution in [0.1, 0.15) is 12.5 Å². The molecule has 0 saturated heterocycles. The molecule has 0 saturated carbocycles. The van der Waals surface area contributed by atoms with Gasteiger partial charge in [-0.25, -0.2) is 4.84 Å². The van der Waals surface area contributed by atoms with E-state index in [0.717, 1.165) is 11.1 Å². The predicted molar refractivity (Wildman–Crippen MR) is 49.3 cm³/mol. The minimum atomic E-state index is -1.23. The molecule has 13 heavy (non-hydrogen) atoms. The van der Waals surface area contributed by atoms with Gasteiger partial charge < -0.3 is 5.11 Å². The van der Waals surface area contributed by atoms with Crippen molar-refractivity contribution < 1.29 is 9.94 Å². The average Bonchev–Trinajstić information content (AvgIpc) is 2.47. The molecule has 1 aliphatic rings. The van der Waals surface area contributed by atoms with Crippen molar-refractivity contribution in [1.29, 1.82) is 0 Å². The predicted octanol–water partition coefficient (Wildman–Crippen LogP) is 1.27. The maximum Gasteiger partial charge on any atom is 0.216 e. The van der Waals surface area contributed by atoms with Crippen molar-refractivity contribution in [3.8, 4) is 0 Å². The standard InChI is InChI=1S/C10H11NO2/c1-10(12)9(7-11-13-10)8-5-3-2-4-6-8/h2-7,11-12H,1H3. The Hall–Kier alpha value is -1.32. The topological polar surface area (TPSA) is 41.5 Å². The van der Waals surface area contributed by atoms with E-state index in [0.29, 0.717) is 0 Å². The molecular weight excluding hydrogens is 166 g/mol. The highest BCUT2D eigenvalue weighted by Crippen LogP contribution is 2.30. The maximum atomic E-state index is 9.75. The van der Waals surface area contributed by atoms with Gasteiger partial charge in [-0.3, -0.25) is 5.48 Å². The van der Waals surface area contributed by atoms with Crippen LogP contribution in [0.2, 0.25) is 0 Å². The van der Waals surface area contributed by atoms with E-state index in [2.05, 4.69) is 5.48 Å². The molecule has 0 amide bonds. The van der Waals surface area contributed by atoms with Crippen LogP contribution in [0.25, 0.3) is 5.57 Å². The van der Waals surface area contributed by atoms with Crippen molar-refractivity contribution in [2.75, 3.05) is 0 Å². The molecule has 3 nitrogen and oxygen atoms in total. The summed E-state index contributed by atoms with van der Waals surface area (Å²) in [4.78, 5) is 4.92. The molecule has 2 rings (SSSR count). The van der Waals surface area contributed by atoms with Gasteiger partial charge in [-0.05, 0) is 12.5 Å². The zero-order chi connectivity index (χ0) is 9.31. The van der Waals surface area contributed by atoms with Gasteiger partial charge in [0, 0.05) is 11.8 Å². The van der Waals surface area contributed by atoms with Crippen molar-refractivity contribution in [2.24, 2.45) is 0 Å². The molecule has 1 atom stereocenters. The zero-order valence-corrected chi connectivity index (χ0v) is 7.32. The second-order valence-corrected chi connectivity index (χ2v) is 3.13. The van der Waals surface area contributed by atoms with Gasteiger partial charge in [0.2, 0.25) is 5.79 Å². The first-order valence-corrected chi connectivity index (χ1v) is 4.12. The van der Waals surface area contributed by atoms with Crippen molar-refractivity contribution in [1.82, 2.24) is 5.48 Å². The Morgan fingerprint density at radius 3 is 2.54 bits per heavy atom. The van der Waals surface area contributed by atoms with Gasteiger partial charge in [-0.1, -0.05) is 30.3 Å². The molecule has 1 unspecified atom stereocenters. The molecule has 68 valence electrons. The van der Waals surface area contributed by atoms with Crippen LogP contribution >= 0.6 is 0 Å².